The predicted octanol–water partition coefficient (Wildman–Crippen LogP) is 1.30. The maximum Gasteiger partial charge on any atom is 0.338 e. The summed E-state index contributed by atoms with van der Waals surface area (Å²) in [6.07, 6.45) is 4.47. The second-order valence-electron chi connectivity index (χ2n) is 6.50. The van der Waals surface area contributed by atoms with Crippen LogP contribution in [0.1, 0.15) is 49.4 Å². The number of amides is 3. The lowest BCUT2D eigenvalue weighted by molar-refractivity contribution is -0.123. The number of carbonyl (C=O) groups excluding carboxylic acids is 3. The van der Waals surface area contributed by atoms with Crippen molar-refractivity contribution in [2.45, 2.75) is 50.0 Å². The molecule has 0 unspecified atom stereocenters. The van der Waals surface area contributed by atoms with Crippen molar-refractivity contribution < 1.29 is 27.5 Å². The zero-order chi connectivity index (χ0) is 20.6. The SMILES string of the molecule is CCCNS(=O)(=O)c1cccc(C(=O)OCC(=O)NC(=O)NC2CCCC2)c1. The van der Waals surface area contributed by atoms with E-state index in [2.05, 4.69) is 15.4 Å². The van der Waals surface area contributed by atoms with Gasteiger partial charge in [0.15, 0.2) is 6.61 Å². The first kappa shape index (κ1) is 21.8. The van der Waals surface area contributed by atoms with Gasteiger partial charge in [0.05, 0.1) is 10.5 Å². The van der Waals surface area contributed by atoms with E-state index in [0.717, 1.165) is 25.7 Å². The van der Waals surface area contributed by atoms with E-state index in [1.165, 1.54) is 24.3 Å². The summed E-state index contributed by atoms with van der Waals surface area (Å²) in [6, 6.07) is 4.75. The molecule has 1 aromatic carbocycles. The zero-order valence-electron chi connectivity index (χ0n) is 15.7. The number of carbonyl (C=O) groups is 3. The number of rotatable bonds is 8. The fraction of sp³-hybridized carbons (Fsp3) is 0.500. The van der Waals surface area contributed by atoms with Gasteiger partial charge in [-0.05, 0) is 37.5 Å². The third kappa shape index (κ3) is 6.61. The molecule has 154 valence electrons. The lowest BCUT2D eigenvalue weighted by Crippen LogP contribution is -2.45. The Bertz CT molecular complexity index is 818. The predicted molar refractivity (Wildman–Crippen MR) is 101 cm³/mol. The Hall–Kier alpha value is -2.46. The molecule has 0 atom stereocenters. The summed E-state index contributed by atoms with van der Waals surface area (Å²) in [5, 5.41) is 4.79. The average molecular weight is 411 g/mol. The fourth-order valence-corrected chi connectivity index (χ4v) is 3.96. The van der Waals surface area contributed by atoms with Gasteiger partial charge in [-0.25, -0.2) is 22.7 Å². The van der Waals surface area contributed by atoms with Crippen molar-refractivity contribution in [2.24, 2.45) is 0 Å². The van der Waals surface area contributed by atoms with Crippen LogP contribution in [0.4, 0.5) is 4.79 Å². The Balaban J connectivity index is 1.86. The third-order valence-corrected chi connectivity index (χ3v) is 5.66. The first-order valence-electron chi connectivity index (χ1n) is 9.19. The van der Waals surface area contributed by atoms with Gasteiger partial charge in [-0.3, -0.25) is 10.1 Å². The molecular weight excluding hydrogens is 386 g/mol. The van der Waals surface area contributed by atoms with Gasteiger partial charge in [0.1, 0.15) is 0 Å². The van der Waals surface area contributed by atoms with E-state index in [9.17, 15) is 22.8 Å². The molecule has 28 heavy (non-hydrogen) atoms. The van der Waals surface area contributed by atoms with Gasteiger partial charge in [-0.2, -0.15) is 0 Å². The Morgan fingerprint density at radius 2 is 1.89 bits per heavy atom. The maximum absolute atomic E-state index is 12.1. The molecule has 0 aliphatic heterocycles. The van der Waals surface area contributed by atoms with Crippen LogP contribution in [0.5, 0.6) is 0 Å². The summed E-state index contributed by atoms with van der Waals surface area (Å²) >= 11 is 0. The second kappa shape index (κ2) is 10.2. The van der Waals surface area contributed by atoms with Crippen LogP contribution < -0.4 is 15.4 Å². The number of ether oxygens (including phenoxy) is 1. The van der Waals surface area contributed by atoms with Crippen molar-refractivity contribution in [2.75, 3.05) is 13.2 Å². The lowest BCUT2D eigenvalue weighted by Gasteiger charge is -2.12. The minimum atomic E-state index is -3.73. The molecule has 3 N–H and O–H groups in total. The average Bonchev–Trinajstić information content (AvgIpc) is 3.17. The standard InChI is InChI=1S/C18H25N3O6S/c1-2-10-19-28(25,26)15-9-5-6-13(11-15)17(23)27-12-16(22)21-18(24)20-14-7-3-4-8-14/h5-6,9,11,14,19H,2-4,7-8,10,12H2,1H3,(H2,20,21,22,24). The van der Waals surface area contributed by atoms with E-state index in [-0.39, 0.29) is 23.0 Å². The molecule has 0 bridgehead atoms. The van der Waals surface area contributed by atoms with Gasteiger partial charge in [0, 0.05) is 12.6 Å². The topological polar surface area (TPSA) is 131 Å². The normalized spacial score (nSPS) is 14.5. The van der Waals surface area contributed by atoms with Gasteiger partial charge in [0.2, 0.25) is 10.0 Å². The minimum absolute atomic E-state index is 0.0115. The Morgan fingerprint density at radius 3 is 2.57 bits per heavy atom. The highest BCUT2D eigenvalue weighted by atomic mass is 32.2. The first-order valence-corrected chi connectivity index (χ1v) is 10.7. The summed E-state index contributed by atoms with van der Waals surface area (Å²) in [5.41, 5.74) is -0.0115. The van der Waals surface area contributed by atoms with E-state index in [1.807, 2.05) is 6.92 Å². The molecule has 1 fully saturated rings. The Kier molecular flexibility index (Phi) is 7.94. The van der Waals surface area contributed by atoms with Crippen molar-refractivity contribution in [1.82, 2.24) is 15.4 Å². The van der Waals surface area contributed by atoms with Gasteiger partial charge >= 0.3 is 12.0 Å². The third-order valence-electron chi connectivity index (χ3n) is 4.20. The number of imide groups is 1. The van der Waals surface area contributed by atoms with Crippen molar-refractivity contribution in [3.8, 4) is 0 Å². The van der Waals surface area contributed by atoms with Crippen LogP contribution in [0, 0.1) is 0 Å². The van der Waals surface area contributed by atoms with Crippen LogP contribution >= 0.6 is 0 Å². The van der Waals surface area contributed by atoms with Gasteiger partial charge in [-0.15, -0.1) is 0 Å². The van der Waals surface area contributed by atoms with E-state index >= 15 is 0 Å². The molecule has 1 aliphatic carbocycles. The number of nitrogens with one attached hydrogen (secondary N) is 3. The van der Waals surface area contributed by atoms with Crippen LogP contribution in [0.2, 0.25) is 0 Å². The highest BCUT2D eigenvalue weighted by molar-refractivity contribution is 7.89. The van der Waals surface area contributed by atoms with E-state index in [0.29, 0.717) is 6.42 Å². The van der Waals surface area contributed by atoms with E-state index in [4.69, 9.17) is 4.74 Å². The number of hydrogen-bond donors (Lipinski definition) is 3. The van der Waals surface area contributed by atoms with Crippen LogP contribution in [-0.4, -0.2) is 45.5 Å². The van der Waals surface area contributed by atoms with E-state index < -0.39 is 34.5 Å². The first-order chi connectivity index (χ1) is 13.3. The molecule has 2 rings (SSSR count). The summed E-state index contributed by atoms with van der Waals surface area (Å²) in [7, 11) is -3.73. The molecule has 1 aliphatic rings. The summed E-state index contributed by atoms with van der Waals surface area (Å²) < 4.78 is 31.5. The summed E-state index contributed by atoms with van der Waals surface area (Å²) in [4.78, 5) is 35.5. The van der Waals surface area contributed by atoms with Crippen LogP contribution in [-0.2, 0) is 19.6 Å². The van der Waals surface area contributed by atoms with Gasteiger partial charge in [0.25, 0.3) is 5.91 Å². The number of hydrogen-bond acceptors (Lipinski definition) is 6. The summed E-state index contributed by atoms with van der Waals surface area (Å²) in [5.74, 6) is -1.63. The molecule has 0 spiro atoms. The van der Waals surface area contributed by atoms with Crippen LogP contribution in [0.15, 0.2) is 29.2 Å². The minimum Gasteiger partial charge on any atom is -0.452 e. The lowest BCUT2D eigenvalue weighted by atomic mass is 10.2. The van der Waals surface area contributed by atoms with Crippen molar-refractivity contribution >= 4 is 27.9 Å². The number of sulfonamides is 1. The summed E-state index contributed by atoms with van der Waals surface area (Å²) in [6.45, 7) is 1.46. The fourth-order valence-electron chi connectivity index (χ4n) is 2.78. The van der Waals surface area contributed by atoms with Gasteiger partial charge < -0.3 is 10.1 Å². The number of urea groups is 1. The zero-order valence-corrected chi connectivity index (χ0v) is 16.5. The van der Waals surface area contributed by atoms with Gasteiger partial charge in [-0.1, -0.05) is 25.8 Å². The molecule has 3 amide bonds. The van der Waals surface area contributed by atoms with Crippen molar-refractivity contribution in [3.05, 3.63) is 29.8 Å². The molecule has 0 saturated heterocycles. The largest absolute Gasteiger partial charge is 0.452 e. The monoisotopic (exact) mass is 411 g/mol. The van der Waals surface area contributed by atoms with Crippen LogP contribution in [0.25, 0.3) is 0 Å². The molecule has 9 nitrogen and oxygen atoms in total. The highest BCUT2D eigenvalue weighted by Gasteiger charge is 2.20. The van der Waals surface area contributed by atoms with Crippen LogP contribution in [0.3, 0.4) is 0 Å². The molecule has 0 aromatic heterocycles. The second-order valence-corrected chi connectivity index (χ2v) is 8.27. The molecule has 1 aromatic rings. The number of esters is 1. The molecular formula is C18H25N3O6S. The molecule has 1 saturated carbocycles. The molecule has 0 heterocycles. The number of benzene rings is 1. The van der Waals surface area contributed by atoms with E-state index in [1.54, 1.807) is 0 Å². The highest BCUT2D eigenvalue weighted by Crippen LogP contribution is 2.17. The van der Waals surface area contributed by atoms with Crippen molar-refractivity contribution in [3.63, 3.8) is 0 Å². The molecule has 0 radical (unpaired) electrons. The smallest absolute Gasteiger partial charge is 0.338 e. The molecule has 10 heteroatoms. The maximum atomic E-state index is 12.1. The Morgan fingerprint density at radius 1 is 1.18 bits per heavy atom. The Labute approximate surface area is 164 Å². The quantitative estimate of drug-likeness (QED) is 0.553. The van der Waals surface area contributed by atoms with Crippen molar-refractivity contribution in [1.29, 1.82) is 0 Å².